The van der Waals surface area contributed by atoms with E-state index in [9.17, 15) is 22.8 Å². The third-order valence-electron chi connectivity index (χ3n) is 4.24. The van der Waals surface area contributed by atoms with Gasteiger partial charge in [-0.1, -0.05) is 19.1 Å². The Kier molecular flexibility index (Phi) is 7.76. The lowest BCUT2D eigenvalue weighted by Gasteiger charge is -2.18. The quantitative estimate of drug-likeness (QED) is 0.495. The lowest BCUT2D eigenvalue weighted by molar-refractivity contribution is -0.116. The van der Waals surface area contributed by atoms with E-state index >= 15 is 0 Å². The molecule has 1 atom stereocenters. The molecule has 0 aliphatic rings. The van der Waals surface area contributed by atoms with E-state index in [2.05, 4.69) is 20.7 Å². The number of hydrogen-bond acceptors (Lipinski definition) is 5. The number of carbonyl (C=O) groups is 3. The summed E-state index contributed by atoms with van der Waals surface area (Å²) in [6, 6.07) is 10.9. The number of hydrogen-bond donors (Lipinski definition) is 4. The Labute approximate surface area is 181 Å². The normalized spacial score (nSPS) is 11.9. The van der Waals surface area contributed by atoms with Gasteiger partial charge in [-0.2, -0.15) is 0 Å². The van der Waals surface area contributed by atoms with E-state index in [1.807, 2.05) is 0 Å². The molecule has 0 heterocycles. The highest BCUT2D eigenvalue weighted by Gasteiger charge is 2.18. The zero-order valence-corrected chi connectivity index (χ0v) is 18.6. The summed E-state index contributed by atoms with van der Waals surface area (Å²) in [6.07, 6.45) is 1.35. The van der Waals surface area contributed by atoms with Crippen LogP contribution >= 0.6 is 0 Å². The average molecular weight is 447 g/mol. The summed E-state index contributed by atoms with van der Waals surface area (Å²) in [4.78, 5) is 35.7. The molecule has 166 valence electrons. The van der Waals surface area contributed by atoms with Crippen LogP contribution in [0.5, 0.6) is 0 Å². The number of nitrogens with one attached hydrogen (secondary N) is 4. The van der Waals surface area contributed by atoms with E-state index in [0.29, 0.717) is 17.8 Å². The fraction of sp³-hybridized carbons (Fsp3) is 0.286. The molecule has 0 radical (unpaired) electrons. The number of anilines is 3. The van der Waals surface area contributed by atoms with Gasteiger partial charge in [0.25, 0.3) is 5.91 Å². The van der Waals surface area contributed by atoms with Crippen LogP contribution in [0, 0.1) is 0 Å². The zero-order valence-electron chi connectivity index (χ0n) is 17.8. The molecule has 0 saturated carbocycles. The number of rotatable bonds is 8. The van der Waals surface area contributed by atoms with Gasteiger partial charge in [0.1, 0.15) is 0 Å². The smallest absolute Gasteiger partial charge is 0.253 e. The molecule has 10 heteroatoms. The number of amides is 3. The van der Waals surface area contributed by atoms with E-state index in [1.165, 1.54) is 25.1 Å². The van der Waals surface area contributed by atoms with E-state index in [0.717, 1.165) is 11.8 Å². The minimum atomic E-state index is -3.62. The van der Waals surface area contributed by atoms with Crippen LogP contribution in [-0.2, 0) is 19.6 Å². The number of sulfonamides is 1. The van der Waals surface area contributed by atoms with E-state index < -0.39 is 22.0 Å². The topological polar surface area (TPSA) is 133 Å². The molecule has 31 heavy (non-hydrogen) atoms. The molecule has 1 unspecified atom stereocenters. The summed E-state index contributed by atoms with van der Waals surface area (Å²) in [7, 11) is -3.62. The van der Waals surface area contributed by atoms with Gasteiger partial charge in [0.2, 0.25) is 21.8 Å². The molecule has 2 aromatic rings. The second-order valence-corrected chi connectivity index (χ2v) is 8.78. The van der Waals surface area contributed by atoms with Gasteiger partial charge >= 0.3 is 0 Å². The standard InChI is InChI=1S/C21H26N4O5S/c1-5-20(27)24-16-8-6-15(7-9-16)13(2)22-21(28)18-12-17(23-14(3)26)10-11-19(18)25-31(4,29)30/h6-13,25H,5H2,1-4H3,(H,22,28)(H,23,26)(H,24,27). The molecular formula is C21H26N4O5S. The van der Waals surface area contributed by atoms with Crippen molar-refractivity contribution in [3.63, 3.8) is 0 Å². The third kappa shape index (κ3) is 7.41. The maximum Gasteiger partial charge on any atom is 0.253 e. The molecule has 4 N–H and O–H groups in total. The molecule has 2 rings (SSSR count). The largest absolute Gasteiger partial charge is 0.345 e. The second-order valence-electron chi connectivity index (χ2n) is 7.03. The maximum atomic E-state index is 12.9. The molecular weight excluding hydrogens is 420 g/mol. The van der Waals surface area contributed by atoms with Gasteiger partial charge < -0.3 is 16.0 Å². The Bertz CT molecular complexity index is 1080. The first-order valence-electron chi connectivity index (χ1n) is 9.58. The molecule has 0 fully saturated rings. The van der Waals surface area contributed by atoms with Gasteiger partial charge in [-0.05, 0) is 42.8 Å². The highest BCUT2D eigenvalue weighted by atomic mass is 32.2. The minimum Gasteiger partial charge on any atom is -0.345 e. The average Bonchev–Trinajstić information content (AvgIpc) is 2.68. The van der Waals surface area contributed by atoms with Gasteiger partial charge in [0, 0.05) is 24.7 Å². The van der Waals surface area contributed by atoms with Crippen LogP contribution in [0.1, 0.15) is 49.2 Å². The molecule has 3 amide bonds. The van der Waals surface area contributed by atoms with E-state index in [-0.39, 0.29) is 23.1 Å². The van der Waals surface area contributed by atoms with Gasteiger partial charge in [-0.3, -0.25) is 19.1 Å². The zero-order chi connectivity index (χ0) is 23.2. The molecule has 9 nitrogen and oxygen atoms in total. The Balaban J connectivity index is 2.24. The lowest BCUT2D eigenvalue weighted by Crippen LogP contribution is -2.28. The highest BCUT2D eigenvalue weighted by Crippen LogP contribution is 2.23. The van der Waals surface area contributed by atoms with Gasteiger partial charge in [-0.15, -0.1) is 0 Å². The Hall–Kier alpha value is -3.40. The van der Waals surface area contributed by atoms with Crippen molar-refractivity contribution in [2.45, 2.75) is 33.2 Å². The van der Waals surface area contributed by atoms with Crippen LogP contribution in [0.4, 0.5) is 17.1 Å². The Morgan fingerprint density at radius 2 is 1.58 bits per heavy atom. The van der Waals surface area contributed by atoms with Crippen LogP contribution in [0.15, 0.2) is 42.5 Å². The van der Waals surface area contributed by atoms with Crippen molar-refractivity contribution in [3.8, 4) is 0 Å². The van der Waals surface area contributed by atoms with Crippen molar-refractivity contribution in [2.75, 3.05) is 21.6 Å². The maximum absolute atomic E-state index is 12.9. The van der Waals surface area contributed by atoms with Crippen molar-refractivity contribution < 1.29 is 22.8 Å². The number of carbonyl (C=O) groups excluding carboxylic acids is 3. The summed E-state index contributed by atoms with van der Waals surface area (Å²) in [5.74, 6) is -0.938. The summed E-state index contributed by atoms with van der Waals surface area (Å²) in [6.45, 7) is 4.87. The van der Waals surface area contributed by atoms with Crippen LogP contribution in [0.3, 0.4) is 0 Å². The third-order valence-corrected chi connectivity index (χ3v) is 4.83. The Morgan fingerprint density at radius 3 is 2.13 bits per heavy atom. The van der Waals surface area contributed by atoms with Gasteiger partial charge in [0.05, 0.1) is 23.5 Å². The first-order valence-corrected chi connectivity index (χ1v) is 11.5. The first-order chi connectivity index (χ1) is 14.5. The Morgan fingerprint density at radius 1 is 0.968 bits per heavy atom. The lowest BCUT2D eigenvalue weighted by atomic mass is 10.1. The molecule has 0 bridgehead atoms. The number of benzene rings is 2. The second kappa shape index (κ2) is 10.1. The van der Waals surface area contributed by atoms with Crippen molar-refractivity contribution >= 4 is 44.8 Å². The van der Waals surface area contributed by atoms with Crippen LogP contribution in [0.25, 0.3) is 0 Å². The highest BCUT2D eigenvalue weighted by molar-refractivity contribution is 7.92. The monoisotopic (exact) mass is 446 g/mol. The first kappa shape index (κ1) is 23.9. The van der Waals surface area contributed by atoms with Gasteiger partial charge in [0.15, 0.2) is 0 Å². The van der Waals surface area contributed by atoms with Crippen molar-refractivity contribution in [3.05, 3.63) is 53.6 Å². The predicted molar refractivity (Wildman–Crippen MR) is 120 cm³/mol. The SMILES string of the molecule is CCC(=O)Nc1ccc(C(C)NC(=O)c2cc(NC(C)=O)ccc2NS(C)(=O)=O)cc1. The predicted octanol–water partition coefficient (Wildman–Crippen LogP) is 2.86. The summed E-state index contributed by atoms with van der Waals surface area (Å²) in [5, 5.41) is 8.14. The van der Waals surface area contributed by atoms with Crippen LogP contribution in [-0.4, -0.2) is 32.4 Å². The molecule has 0 spiro atoms. The molecule has 2 aromatic carbocycles. The molecule has 0 aliphatic heterocycles. The van der Waals surface area contributed by atoms with Crippen molar-refractivity contribution in [2.24, 2.45) is 0 Å². The molecule has 0 saturated heterocycles. The fourth-order valence-corrected chi connectivity index (χ4v) is 3.34. The van der Waals surface area contributed by atoms with E-state index in [4.69, 9.17) is 0 Å². The summed E-state index contributed by atoms with van der Waals surface area (Å²) >= 11 is 0. The van der Waals surface area contributed by atoms with Crippen molar-refractivity contribution in [1.29, 1.82) is 0 Å². The van der Waals surface area contributed by atoms with Crippen molar-refractivity contribution in [1.82, 2.24) is 5.32 Å². The minimum absolute atomic E-state index is 0.0651. The van der Waals surface area contributed by atoms with E-state index in [1.54, 1.807) is 38.1 Å². The summed E-state index contributed by atoms with van der Waals surface area (Å²) < 4.78 is 25.7. The van der Waals surface area contributed by atoms with Crippen LogP contribution in [0.2, 0.25) is 0 Å². The fourth-order valence-electron chi connectivity index (χ4n) is 2.76. The molecule has 0 aromatic heterocycles. The summed E-state index contributed by atoms with van der Waals surface area (Å²) in [5.41, 5.74) is 1.96. The van der Waals surface area contributed by atoms with Gasteiger partial charge in [-0.25, -0.2) is 8.42 Å². The van der Waals surface area contributed by atoms with Crippen LogP contribution < -0.4 is 20.7 Å². The molecule has 0 aliphatic carbocycles.